The minimum Gasteiger partial charge on any atom is -0.489 e. The number of carbonyl (C=O) groups is 1. The summed E-state index contributed by atoms with van der Waals surface area (Å²) in [6.07, 6.45) is 4.43. The number of hydrogen-bond acceptors (Lipinski definition) is 4. The summed E-state index contributed by atoms with van der Waals surface area (Å²) in [5, 5.41) is 4.94. The zero-order chi connectivity index (χ0) is 21.6. The van der Waals surface area contributed by atoms with Crippen molar-refractivity contribution in [1.82, 2.24) is 4.98 Å². The van der Waals surface area contributed by atoms with Gasteiger partial charge in [-0.25, -0.2) is 0 Å². The normalized spacial score (nSPS) is 10.6. The molecule has 156 valence electrons. The van der Waals surface area contributed by atoms with E-state index in [1.54, 1.807) is 12.4 Å². The number of carbonyl (C=O) groups excluding carboxylic acids is 1. The summed E-state index contributed by atoms with van der Waals surface area (Å²) in [5.41, 5.74) is 6.61. The van der Waals surface area contributed by atoms with Gasteiger partial charge in [-0.1, -0.05) is 18.2 Å². The number of benzene rings is 2. The molecule has 0 aliphatic heterocycles. The summed E-state index contributed by atoms with van der Waals surface area (Å²) < 4.78 is 5.87. The van der Waals surface area contributed by atoms with E-state index < -0.39 is 0 Å². The summed E-state index contributed by atoms with van der Waals surface area (Å²) in [7, 11) is 0. The Morgan fingerprint density at radius 2 is 1.65 bits per heavy atom. The monoisotopic (exact) mass is 428 g/mol. The third-order valence-electron chi connectivity index (χ3n) is 5.13. The molecule has 0 fully saturated rings. The molecule has 0 bridgehead atoms. The Morgan fingerprint density at radius 1 is 0.903 bits per heavy atom. The van der Waals surface area contributed by atoms with Gasteiger partial charge in [0, 0.05) is 23.6 Å². The maximum Gasteiger partial charge on any atom is 0.265 e. The first-order valence-corrected chi connectivity index (χ1v) is 11.0. The Balaban J connectivity index is 1.32. The molecule has 2 aromatic carbocycles. The van der Waals surface area contributed by atoms with Gasteiger partial charge in [0.05, 0.1) is 4.88 Å². The van der Waals surface area contributed by atoms with Crippen LogP contribution in [0.25, 0.3) is 0 Å². The average molecular weight is 429 g/mol. The van der Waals surface area contributed by atoms with Crippen LogP contribution in [0.3, 0.4) is 0 Å². The molecule has 5 heteroatoms. The molecule has 2 heterocycles. The molecule has 0 spiro atoms. The number of pyridine rings is 1. The van der Waals surface area contributed by atoms with Crippen molar-refractivity contribution >= 4 is 22.9 Å². The van der Waals surface area contributed by atoms with Gasteiger partial charge < -0.3 is 10.1 Å². The molecule has 0 saturated heterocycles. The molecule has 0 saturated carbocycles. The standard InChI is InChI=1S/C26H24N2O2S/c1-18-3-8-24(13-19(18)2)30-16-22-15-25(31-17-22)26(29)28-23-6-4-20(5-7-23)14-21-9-11-27-12-10-21/h3-13,15,17H,14,16H2,1-2H3,(H,28,29). The number of nitrogens with zero attached hydrogens (tertiary/aromatic N) is 1. The fourth-order valence-electron chi connectivity index (χ4n) is 3.18. The molecule has 0 radical (unpaired) electrons. The molecular formula is C26H24N2O2S. The van der Waals surface area contributed by atoms with Crippen LogP contribution in [0.2, 0.25) is 0 Å². The van der Waals surface area contributed by atoms with Crippen LogP contribution in [-0.4, -0.2) is 10.9 Å². The van der Waals surface area contributed by atoms with Gasteiger partial charge in [-0.15, -0.1) is 11.3 Å². The van der Waals surface area contributed by atoms with Crippen molar-refractivity contribution in [2.45, 2.75) is 26.9 Å². The van der Waals surface area contributed by atoms with E-state index >= 15 is 0 Å². The Labute approximate surface area is 186 Å². The number of hydrogen-bond donors (Lipinski definition) is 1. The molecule has 0 aliphatic carbocycles. The second-order valence-electron chi connectivity index (χ2n) is 7.54. The van der Waals surface area contributed by atoms with Crippen LogP contribution < -0.4 is 10.1 Å². The summed E-state index contributed by atoms with van der Waals surface area (Å²) in [4.78, 5) is 17.3. The fourth-order valence-corrected chi connectivity index (χ4v) is 3.97. The minimum absolute atomic E-state index is 0.107. The van der Waals surface area contributed by atoms with Crippen molar-refractivity contribution in [2.75, 3.05) is 5.32 Å². The molecule has 31 heavy (non-hydrogen) atoms. The Morgan fingerprint density at radius 3 is 2.39 bits per heavy atom. The van der Waals surface area contributed by atoms with Gasteiger partial charge in [0.1, 0.15) is 12.4 Å². The third-order valence-corrected chi connectivity index (χ3v) is 6.11. The summed E-state index contributed by atoms with van der Waals surface area (Å²) in [5.74, 6) is 0.733. The minimum atomic E-state index is -0.107. The van der Waals surface area contributed by atoms with Crippen LogP contribution in [0.4, 0.5) is 5.69 Å². The van der Waals surface area contributed by atoms with Crippen LogP contribution >= 0.6 is 11.3 Å². The van der Waals surface area contributed by atoms with Gasteiger partial charge in [-0.2, -0.15) is 0 Å². The molecule has 4 nitrogen and oxygen atoms in total. The van der Waals surface area contributed by atoms with Gasteiger partial charge in [-0.3, -0.25) is 9.78 Å². The van der Waals surface area contributed by atoms with Gasteiger partial charge >= 0.3 is 0 Å². The van der Waals surface area contributed by atoms with Crippen molar-refractivity contribution in [3.63, 3.8) is 0 Å². The lowest BCUT2D eigenvalue weighted by Crippen LogP contribution is -2.10. The van der Waals surface area contributed by atoms with Crippen molar-refractivity contribution < 1.29 is 9.53 Å². The van der Waals surface area contributed by atoms with E-state index in [4.69, 9.17) is 4.74 Å². The molecule has 0 atom stereocenters. The SMILES string of the molecule is Cc1ccc(OCc2csc(C(=O)Nc3ccc(Cc4ccncc4)cc3)c2)cc1C. The number of aryl methyl sites for hydroxylation is 2. The number of thiophene rings is 1. The Bertz CT molecular complexity index is 1170. The van der Waals surface area contributed by atoms with Gasteiger partial charge in [0.2, 0.25) is 0 Å². The maximum atomic E-state index is 12.6. The highest BCUT2D eigenvalue weighted by atomic mass is 32.1. The maximum absolute atomic E-state index is 12.6. The van der Waals surface area contributed by atoms with Crippen LogP contribution in [0.1, 0.15) is 37.5 Å². The quantitative estimate of drug-likeness (QED) is 0.382. The summed E-state index contributed by atoms with van der Waals surface area (Å²) >= 11 is 1.42. The molecule has 0 unspecified atom stereocenters. The van der Waals surface area contributed by atoms with E-state index in [1.807, 2.05) is 60.0 Å². The van der Waals surface area contributed by atoms with Crippen LogP contribution in [0, 0.1) is 13.8 Å². The third kappa shape index (κ3) is 5.58. The van der Waals surface area contributed by atoms with Crippen LogP contribution in [0.15, 0.2) is 78.4 Å². The Hall–Kier alpha value is -3.44. The van der Waals surface area contributed by atoms with E-state index in [0.717, 1.165) is 23.4 Å². The molecule has 0 aliphatic rings. The van der Waals surface area contributed by atoms with E-state index in [2.05, 4.69) is 30.2 Å². The predicted octanol–water partition coefficient (Wildman–Crippen LogP) is 6.18. The second kappa shape index (κ2) is 9.58. The van der Waals surface area contributed by atoms with Crippen LogP contribution in [-0.2, 0) is 13.0 Å². The first kappa shape index (κ1) is 20.8. The van der Waals surface area contributed by atoms with Gasteiger partial charge in [-0.05, 0) is 90.4 Å². The van der Waals surface area contributed by atoms with Crippen molar-refractivity contribution in [3.8, 4) is 5.75 Å². The molecular weight excluding hydrogens is 404 g/mol. The predicted molar refractivity (Wildman–Crippen MR) is 126 cm³/mol. The van der Waals surface area contributed by atoms with Gasteiger partial charge in [0.15, 0.2) is 0 Å². The summed E-state index contributed by atoms with van der Waals surface area (Å²) in [6, 6.07) is 19.9. The lowest BCUT2D eigenvalue weighted by Gasteiger charge is -2.07. The Kier molecular flexibility index (Phi) is 6.43. The lowest BCUT2D eigenvalue weighted by atomic mass is 10.1. The molecule has 2 aromatic heterocycles. The molecule has 4 rings (SSSR count). The average Bonchev–Trinajstić information content (AvgIpc) is 3.26. The smallest absolute Gasteiger partial charge is 0.265 e. The summed E-state index contributed by atoms with van der Waals surface area (Å²) in [6.45, 7) is 4.59. The number of ether oxygens (including phenoxy) is 1. The van der Waals surface area contributed by atoms with Crippen LogP contribution in [0.5, 0.6) is 5.75 Å². The van der Waals surface area contributed by atoms with Crippen molar-refractivity contribution in [1.29, 1.82) is 0 Å². The lowest BCUT2D eigenvalue weighted by molar-refractivity contribution is 0.103. The zero-order valence-corrected chi connectivity index (χ0v) is 18.4. The van der Waals surface area contributed by atoms with E-state index in [0.29, 0.717) is 11.5 Å². The highest BCUT2D eigenvalue weighted by Gasteiger charge is 2.10. The zero-order valence-electron chi connectivity index (χ0n) is 17.6. The molecule has 4 aromatic rings. The van der Waals surface area contributed by atoms with E-state index in [1.165, 1.54) is 33.6 Å². The largest absolute Gasteiger partial charge is 0.489 e. The van der Waals surface area contributed by atoms with Gasteiger partial charge in [0.25, 0.3) is 5.91 Å². The first-order valence-electron chi connectivity index (χ1n) is 10.1. The number of amides is 1. The van der Waals surface area contributed by atoms with Crippen molar-refractivity contribution in [3.05, 3.63) is 111 Å². The molecule has 1 amide bonds. The topological polar surface area (TPSA) is 51.2 Å². The number of anilines is 1. The second-order valence-corrected chi connectivity index (χ2v) is 8.45. The number of aromatic nitrogens is 1. The van der Waals surface area contributed by atoms with E-state index in [9.17, 15) is 4.79 Å². The highest BCUT2D eigenvalue weighted by molar-refractivity contribution is 7.12. The number of nitrogens with one attached hydrogen (secondary N) is 1. The number of rotatable bonds is 7. The fraction of sp³-hybridized carbons (Fsp3) is 0.154. The van der Waals surface area contributed by atoms with Crippen molar-refractivity contribution in [2.24, 2.45) is 0 Å². The molecule has 1 N–H and O–H groups in total. The first-order chi connectivity index (χ1) is 15.1. The highest BCUT2D eigenvalue weighted by Crippen LogP contribution is 2.21. The van der Waals surface area contributed by atoms with E-state index in [-0.39, 0.29) is 5.91 Å².